The number of ether oxygens (including phenoxy) is 1. The van der Waals surface area contributed by atoms with E-state index < -0.39 is 0 Å². The average Bonchev–Trinajstić information content (AvgIpc) is 2.45. The Morgan fingerprint density at radius 3 is 1.89 bits per heavy atom. The van der Waals surface area contributed by atoms with Crippen molar-refractivity contribution in [3.05, 3.63) is 29.8 Å². The van der Waals surface area contributed by atoms with Gasteiger partial charge in [0.05, 0.1) is 6.61 Å². The van der Waals surface area contributed by atoms with Crippen LogP contribution in [0.5, 0.6) is 5.75 Å². The van der Waals surface area contributed by atoms with Gasteiger partial charge in [-0.25, -0.2) is 0 Å². The second kappa shape index (κ2) is 12.1. The summed E-state index contributed by atoms with van der Waals surface area (Å²) in [5.74, 6) is 1.99. The van der Waals surface area contributed by atoms with Crippen molar-refractivity contribution in [2.24, 2.45) is 5.92 Å². The van der Waals surface area contributed by atoms with Crippen LogP contribution in [0.1, 0.15) is 65.4 Å². The second-order valence-corrected chi connectivity index (χ2v) is 4.99. The van der Waals surface area contributed by atoms with Crippen LogP contribution in [0.2, 0.25) is 0 Å². The van der Waals surface area contributed by atoms with Crippen LogP contribution in [0, 0.1) is 12.8 Å². The van der Waals surface area contributed by atoms with Crippen molar-refractivity contribution >= 4 is 0 Å². The lowest BCUT2D eigenvalue weighted by atomic mass is 9.91. The van der Waals surface area contributed by atoms with Crippen LogP contribution in [-0.4, -0.2) is 6.61 Å². The van der Waals surface area contributed by atoms with Gasteiger partial charge in [0.2, 0.25) is 0 Å². The summed E-state index contributed by atoms with van der Waals surface area (Å²) < 4.78 is 5.26. The molecule has 0 aliphatic heterocycles. The summed E-state index contributed by atoms with van der Waals surface area (Å²) in [6.07, 6.45) is 7.44. The third-order valence-electron chi connectivity index (χ3n) is 3.23. The third kappa shape index (κ3) is 9.58. The summed E-state index contributed by atoms with van der Waals surface area (Å²) in [5.41, 5.74) is 1.27. The van der Waals surface area contributed by atoms with Gasteiger partial charge in [0, 0.05) is 0 Å². The molecule has 1 saturated carbocycles. The lowest BCUT2D eigenvalue weighted by Gasteiger charge is -2.15. The lowest BCUT2D eigenvalue weighted by Crippen LogP contribution is -1.99. The molecule has 1 heteroatoms. The summed E-state index contributed by atoms with van der Waals surface area (Å²) in [5, 5.41) is 0. The number of hydrogen-bond acceptors (Lipinski definition) is 1. The first-order chi connectivity index (χ1) is 9.22. The molecular weight excluding hydrogens is 232 g/mol. The van der Waals surface area contributed by atoms with Crippen LogP contribution >= 0.6 is 0 Å². The molecule has 0 unspecified atom stereocenters. The van der Waals surface area contributed by atoms with Gasteiger partial charge in [-0.2, -0.15) is 0 Å². The van der Waals surface area contributed by atoms with Gasteiger partial charge in [-0.05, 0) is 31.9 Å². The zero-order chi connectivity index (χ0) is 14.5. The van der Waals surface area contributed by atoms with Gasteiger partial charge < -0.3 is 4.74 Å². The van der Waals surface area contributed by atoms with Gasteiger partial charge >= 0.3 is 0 Å². The Hall–Kier alpha value is -0.980. The second-order valence-electron chi connectivity index (χ2n) is 4.99. The minimum Gasteiger partial charge on any atom is -0.494 e. The normalized spacial score (nSPS) is 14.6. The van der Waals surface area contributed by atoms with Gasteiger partial charge in [-0.15, -0.1) is 0 Å². The van der Waals surface area contributed by atoms with Crippen molar-refractivity contribution in [3.63, 3.8) is 0 Å². The van der Waals surface area contributed by atoms with E-state index in [1.807, 2.05) is 45.0 Å². The molecular formula is C18H32O. The highest BCUT2D eigenvalue weighted by atomic mass is 16.5. The van der Waals surface area contributed by atoms with E-state index in [0.717, 1.165) is 18.3 Å². The number of benzene rings is 1. The van der Waals surface area contributed by atoms with Crippen LogP contribution in [0.3, 0.4) is 0 Å². The predicted octanol–water partition coefficient (Wildman–Crippen LogP) is 6.01. The fourth-order valence-corrected chi connectivity index (χ4v) is 2.11. The minimum atomic E-state index is 0.739. The molecule has 110 valence electrons. The Balaban J connectivity index is 0.000000316. The molecule has 0 saturated heterocycles. The van der Waals surface area contributed by atoms with Crippen LogP contribution in [0.4, 0.5) is 0 Å². The summed E-state index contributed by atoms with van der Waals surface area (Å²) in [7, 11) is 0. The smallest absolute Gasteiger partial charge is 0.119 e. The van der Waals surface area contributed by atoms with Gasteiger partial charge in [0.1, 0.15) is 5.75 Å². The molecule has 0 heterocycles. The molecule has 0 bridgehead atoms. The molecule has 0 spiro atoms. The maximum Gasteiger partial charge on any atom is 0.119 e. The Morgan fingerprint density at radius 2 is 1.53 bits per heavy atom. The van der Waals surface area contributed by atoms with Crippen LogP contribution in [-0.2, 0) is 0 Å². The molecule has 1 fully saturated rings. The summed E-state index contributed by atoms with van der Waals surface area (Å²) in [6.45, 7) is 11.2. The molecule has 0 amide bonds. The highest BCUT2D eigenvalue weighted by Crippen LogP contribution is 2.22. The van der Waals surface area contributed by atoms with Gasteiger partial charge in [0.25, 0.3) is 0 Å². The van der Waals surface area contributed by atoms with Crippen molar-refractivity contribution in [1.29, 1.82) is 0 Å². The molecule has 0 aromatic heterocycles. The molecule has 1 aromatic rings. The topological polar surface area (TPSA) is 9.23 Å². The lowest BCUT2D eigenvalue weighted by molar-refractivity contribution is 0.340. The van der Waals surface area contributed by atoms with E-state index in [1.54, 1.807) is 0 Å². The fraction of sp³-hybridized carbons (Fsp3) is 0.667. The van der Waals surface area contributed by atoms with Gasteiger partial charge in [-0.3, -0.25) is 0 Å². The summed E-state index contributed by atoms with van der Waals surface area (Å²) in [6, 6.07) is 8.06. The summed E-state index contributed by atoms with van der Waals surface area (Å²) in [4.78, 5) is 0. The monoisotopic (exact) mass is 264 g/mol. The third-order valence-corrected chi connectivity index (χ3v) is 3.23. The molecule has 0 N–H and O–H groups in total. The van der Waals surface area contributed by atoms with E-state index in [-0.39, 0.29) is 0 Å². The highest BCUT2D eigenvalue weighted by molar-refractivity contribution is 5.26. The minimum absolute atomic E-state index is 0.739. The largest absolute Gasteiger partial charge is 0.494 e. The Morgan fingerprint density at radius 1 is 1.00 bits per heavy atom. The number of rotatable bonds is 2. The van der Waals surface area contributed by atoms with Crippen molar-refractivity contribution in [1.82, 2.24) is 0 Å². The molecule has 2 rings (SSSR count). The van der Waals surface area contributed by atoms with Crippen LogP contribution in [0.15, 0.2) is 24.3 Å². The maximum absolute atomic E-state index is 5.26. The molecule has 1 aliphatic rings. The van der Waals surface area contributed by atoms with Crippen molar-refractivity contribution in [2.45, 2.75) is 66.7 Å². The average molecular weight is 264 g/mol. The zero-order valence-electron chi connectivity index (χ0n) is 13.5. The molecule has 1 aromatic carbocycles. The molecule has 1 nitrogen and oxygen atoms in total. The van der Waals surface area contributed by atoms with E-state index in [0.29, 0.717) is 0 Å². The van der Waals surface area contributed by atoms with Crippen molar-refractivity contribution < 1.29 is 4.74 Å². The van der Waals surface area contributed by atoms with Crippen LogP contribution in [0.25, 0.3) is 0 Å². The first kappa shape index (κ1) is 18.0. The number of aryl methyl sites for hydroxylation is 1. The SMILES string of the molecule is CC.CC1CCCCC1.CCOc1ccc(C)cc1. The summed E-state index contributed by atoms with van der Waals surface area (Å²) >= 11 is 0. The standard InChI is InChI=1S/C9H12O.C7H14.C2H6/c1-3-10-9-6-4-8(2)5-7-9;1-7-5-3-2-4-6-7;1-2/h4-7H,3H2,1-2H3;7H,2-6H2,1H3;1-2H3. The molecule has 0 atom stereocenters. The predicted molar refractivity (Wildman–Crippen MR) is 85.9 cm³/mol. The Kier molecular flexibility index (Phi) is 11.5. The molecule has 19 heavy (non-hydrogen) atoms. The molecule has 1 aliphatic carbocycles. The van der Waals surface area contributed by atoms with Crippen molar-refractivity contribution in [2.75, 3.05) is 6.61 Å². The molecule has 0 radical (unpaired) electrons. The van der Waals surface area contributed by atoms with Crippen molar-refractivity contribution in [3.8, 4) is 5.75 Å². The van der Waals surface area contributed by atoms with E-state index >= 15 is 0 Å². The van der Waals surface area contributed by atoms with Gasteiger partial charge in [-0.1, -0.05) is 70.6 Å². The zero-order valence-corrected chi connectivity index (χ0v) is 13.5. The van der Waals surface area contributed by atoms with E-state index in [9.17, 15) is 0 Å². The van der Waals surface area contributed by atoms with E-state index in [1.165, 1.54) is 37.7 Å². The Bertz CT molecular complexity index is 283. The quantitative estimate of drug-likeness (QED) is 0.636. The Labute approximate surface area is 120 Å². The maximum atomic E-state index is 5.26. The highest BCUT2D eigenvalue weighted by Gasteiger charge is 2.05. The van der Waals surface area contributed by atoms with Gasteiger partial charge in [0.15, 0.2) is 0 Å². The number of hydrogen-bond donors (Lipinski definition) is 0. The fourth-order valence-electron chi connectivity index (χ4n) is 2.11. The van der Waals surface area contributed by atoms with E-state index in [4.69, 9.17) is 4.74 Å². The van der Waals surface area contributed by atoms with E-state index in [2.05, 4.69) is 13.8 Å². The first-order valence-electron chi connectivity index (χ1n) is 7.92. The first-order valence-corrected chi connectivity index (χ1v) is 7.92. The van der Waals surface area contributed by atoms with Crippen LogP contribution < -0.4 is 4.74 Å².